The second-order valence-electron chi connectivity index (χ2n) is 8.69. The summed E-state index contributed by atoms with van der Waals surface area (Å²) in [6, 6.07) is 0. The molecule has 3 fully saturated rings. The molecule has 0 aromatic rings. The molecule has 3 aliphatic rings. The molecule has 5 nitrogen and oxygen atoms in total. The summed E-state index contributed by atoms with van der Waals surface area (Å²) in [7, 11) is 0. The van der Waals surface area contributed by atoms with E-state index >= 15 is 0 Å². The minimum absolute atomic E-state index is 0.159. The van der Waals surface area contributed by atoms with Crippen molar-refractivity contribution in [2.45, 2.75) is 64.9 Å². The Labute approximate surface area is 144 Å². The lowest BCUT2D eigenvalue weighted by Crippen LogP contribution is -2.46. The van der Waals surface area contributed by atoms with Crippen LogP contribution in [0.5, 0.6) is 0 Å². The van der Waals surface area contributed by atoms with E-state index in [2.05, 4.69) is 13.8 Å². The molecule has 0 aromatic heterocycles. The number of likely N-dealkylation sites (tertiary alicyclic amines) is 1. The molecule has 2 saturated heterocycles. The second kappa shape index (κ2) is 7.03. The molecule has 3 rings (SSSR count). The summed E-state index contributed by atoms with van der Waals surface area (Å²) in [6.07, 6.45) is 6.59. The van der Waals surface area contributed by atoms with Gasteiger partial charge in [-0.1, -0.05) is 20.3 Å². The van der Waals surface area contributed by atoms with Gasteiger partial charge in [0.15, 0.2) is 0 Å². The van der Waals surface area contributed by atoms with Crippen molar-refractivity contribution in [1.82, 2.24) is 4.90 Å². The molecule has 5 heteroatoms. The molecule has 0 aromatic carbocycles. The molecule has 1 aliphatic carbocycles. The lowest BCUT2D eigenvalue weighted by atomic mass is 9.71. The summed E-state index contributed by atoms with van der Waals surface area (Å²) >= 11 is 0. The minimum atomic E-state index is -0.736. The van der Waals surface area contributed by atoms with Gasteiger partial charge in [0.1, 0.15) is 0 Å². The molecule has 3 atom stereocenters. The molecule has 2 unspecified atom stereocenters. The van der Waals surface area contributed by atoms with Crippen molar-refractivity contribution in [2.24, 2.45) is 23.2 Å². The molecular weight excluding hydrogens is 306 g/mol. The molecule has 1 N–H and O–H groups in total. The van der Waals surface area contributed by atoms with E-state index in [4.69, 9.17) is 4.74 Å². The van der Waals surface area contributed by atoms with Gasteiger partial charge in [0.2, 0.25) is 5.91 Å². The zero-order valence-corrected chi connectivity index (χ0v) is 15.0. The van der Waals surface area contributed by atoms with Crippen LogP contribution in [0.25, 0.3) is 0 Å². The Balaban J connectivity index is 1.53. The Morgan fingerprint density at radius 2 is 1.83 bits per heavy atom. The first-order chi connectivity index (χ1) is 11.4. The van der Waals surface area contributed by atoms with Gasteiger partial charge in [-0.3, -0.25) is 9.59 Å². The highest BCUT2D eigenvalue weighted by Gasteiger charge is 2.42. The number of carboxylic acids is 1. The Bertz CT molecular complexity index is 482. The van der Waals surface area contributed by atoms with Crippen LogP contribution < -0.4 is 0 Å². The van der Waals surface area contributed by atoms with Crippen molar-refractivity contribution < 1.29 is 19.4 Å². The monoisotopic (exact) mass is 337 g/mol. The van der Waals surface area contributed by atoms with Crippen molar-refractivity contribution in [3.63, 3.8) is 0 Å². The van der Waals surface area contributed by atoms with Gasteiger partial charge in [0, 0.05) is 25.6 Å². The average Bonchev–Trinajstić information content (AvgIpc) is 3.03. The van der Waals surface area contributed by atoms with Crippen LogP contribution in [0.3, 0.4) is 0 Å². The van der Waals surface area contributed by atoms with E-state index in [0.29, 0.717) is 18.9 Å². The number of ether oxygens (including phenoxy) is 1. The van der Waals surface area contributed by atoms with Crippen LogP contribution >= 0.6 is 0 Å². The van der Waals surface area contributed by atoms with Crippen LogP contribution in [0, 0.1) is 23.2 Å². The molecule has 1 amide bonds. The SMILES string of the molecule is CC1(C)CCCC(C(=O)N2CCC([C@@H]3OCCC3C(=O)O)CC2)C1. The number of carbonyl (C=O) groups is 2. The average molecular weight is 337 g/mol. The maximum Gasteiger partial charge on any atom is 0.309 e. The number of amides is 1. The van der Waals surface area contributed by atoms with Crippen molar-refractivity contribution in [2.75, 3.05) is 19.7 Å². The highest BCUT2D eigenvalue weighted by atomic mass is 16.5. The quantitative estimate of drug-likeness (QED) is 0.860. The van der Waals surface area contributed by atoms with Gasteiger partial charge < -0.3 is 14.7 Å². The normalized spacial score (nSPS) is 34.2. The third-order valence-corrected chi connectivity index (χ3v) is 6.32. The van der Waals surface area contributed by atoms with Crippen molar-refractivity contribution in [3.8, 4) is 0 Å². The molecule has 2 heterocycles. The van der Waals surface area contributed by atoms with Crippen molar-refractivity contribution >= 4 is 11.9 Å². The molecule has 24 heavy (non-hydrogen) atoms. The molecule has 0 bridgehead atoms. The number of hydrogen-bond acceptors (Lipinski definition) is 3. The predicted molar refractivity (Wildman–Crippen MR) is 90.5 cm³/mol. The van der Waals surface area contributed by atoms with Crippen LogP contribution in [0.15, 0.2) is 0 Å². The van der Waals surface area contributed by atoms with Gasteiger partial charge in [-0.15, -0.1) is 0 Å². The topological polar surface area (TPSA) is 66.8 Å². The maximum atomic E-state index is 12.8. The second-order valence-corrected chi connectivity index (χ2v) is 8.69. The Morgan fingerprint density at radius 1 is 1.12 bits per heavy atom. The van der Waals surface area contributed by atoms with Gasteiger partial charge in [0.25, 0.3) is 0 Å². The van der Waals surface area contributed by atoms with E-state index < -0.39 is 5.97 Å². The number of piperidine rings is 1. The Hall–Kier alpha value is -1.10. The first kappa shape index (κ1) is 17.7. The maximum absolute atomic E-state index is 12.8. The van der Waals surface area contributed by atoms with Crippen LogP contribution in [0.4, 0.5) is 0 Å². The van der Waals surface area contributed by atoms with Crippen molar-refractivity contribution in [3.05, 3.63) is 0 Å². The number of carboxylic acid groups (broad SMARTS) is 1. The molecule has 1 saturated carbocycles. The standard InChI is InChI=1S/C19H31NO4/c1-19(2)8-3-4-14(12-19)17(21)20-9-5-13(6-10-20)16-15(18(22)23)7-11-24-16/h13-16H,3-12H2,1-2H3,(H,22,23)/t14?,15?,16-/m0/s1. The molecule has 0 spiro atoms. The summed E-state index contributed by atoms with van der Waals surface area (Å²) in [5.41, 5.74) is 0.281. The third kappa shape index (κ3) is 3.76. The predicted octanol–water partition coefficient (Wildman–Crippen LogP) is 2.93. The molecule has 136 valence electrons. The van der Waals surface area contributed by atoms with Crippen LogP contribution in [0.1, 0.15) is 58.8 Å². The van der Waals surface area contributed by atoms with Gasteiger partial charge in [-0.25, -0.2) is 0 Å². The third-order valence-electron chi connectivity index (χ3n) is 6.32. The van der Waals surface area contributed by atoms with Gasteiger partial charge in [0.05, 0.1) is 12.0 Å². The van der Waals surface area contributed by atoms with Crippen LogP contribution in [-0.2, 0) is 14.3 Å². The fourth-order valence-electron chi connectivity index (χ4n) is 4.96. The molecular formula is C19H31NO4. The van der Waals surface area contributed by atoms with E-state index in [1.54, 1.807) is 0 Å². The fraction of sp³-hybridized carbons (Fsp3) is 0.895. The highest BCUT2D eigenvalue weighted by Crippen LogP contribution is 2.40. The summed E-state index contributed by atoms with van der Waals surface area (Å²) in [5, 5.41) is 9.33. The lowest BCUT2D eigenvalue weighted by Gasteiger charge is -2.40. The van der Waals surface area contributed by atoms with E-state index in [9.17, 15) is 14.7 Å². The van der Waals surface area contributed by atoms with E-state index in [1.807, 2.05) is 4.90 Å². The number of carbonyl (C=O) groups excluding carboxylic acids is 1. The van der Waals surface area contributed by atoms with Gasteiger partial charge in [-0.2, -0.15) is 0 Å². The summed E-state index contributed by atoms with van der Waals surface area (Å²) in [4.78, 5) is 26.2. The zero-order valence-electron chi connectivity index (χ0n) is 15.0. The smallest absolute Gasteiger partial charge is 0.309 e. The summed E-state index contributed by atoms with van der Waals surface area (Å²) in [6.45, 7) is 6.60. The Kier molecular flexibility index (Phi) is 5.19. The lowest BCUT2D eigenvalue weighted by molar-refractivity contribution is -0.146. The first-order valence-corrected chi connectivity index (χ1v) is 9.50. The van der Waals surface area contributed by atoms with E-state index in [1.165, 1.54) is 6.42 Å². The number of hydrogen-bond donors (Lipinski definition) is 1. The van der Waals surface area contributed by atoms with Crippen LogP contribution in [-0.4, -0.2) is 47.7 Å². The van der Waals surface area contributed by atoms with E-state index in [-0.39, 0.29) is 29.3 Å². The van der Waals surface area contributed by atoms with Crippen LogP contribution in [0.2, 0.25) is 0 Å². The van der Waals surface area contributed by atoms with Gasteiger partial charge in [-0.05, 0) is 49.9 Å². The molecule has 2 aliphatic heterocycles. The summed E-state index contributed by atoms with van der Waals surface area (Å²) < 4.78 is 5.72. The zero-order chi connectivity index (χ0) is 17.3. The Morgan fingerprint density at radius 3 is 2.46 bits per heavy atom. The van der Waals surface area contributed by atoms with Crippen molar-refractivity contribution in [1.29, 1.82) is 0 Å². The number of aliphatic carboxylic acids is 1. The highest BCUT2D eigenvalue weighted by molar-refractivity contribution is 5.79. The number of nitrogens with zero attached hydrogens (tertiary/aromatic N) is 1. The van der Waals surface area contributed by atoms with Gasteiger partial charge >= 0.3 is 5.97 Å². The first-order valence-electron chi connectivity index (χ1n) is 9.50. The minimum Gasteiger partial charge on any atom is -0.481 e. The number of rotatable bonds is 3. The largest absolute Gasteiger partial charge is 0.481 e. The van der Waals surface area contributed by atoms with E-state index in [0.717, 1.165) is 45.2 Å². The fourth-order valence-corrected chi connectivity index (χ4v) is 4.96. The molecule has 0 radical (unpaired) electrons. The summed E-state index contributed by atoms with van der Waals surface area (Å²) in [5.74, 6) is -0.319.